The number of hydrogen-bond donors (Lipinski definition) is 0. The molecule has 0 bridgehead atoms. The molecule has 1 aromatic carbocycles. The minimum absolute atomic E-state index is 0.636. The number of hydrogen-bond acceptors (Lipinski definition) is 4. The average Bonchev–Trinajstić information content (AvgIpc) is 3.43. The Labute approximate surface area is 156 Å². The fourth-order valence-corrected chi connectivity index (χ4v) is 4.66. The van der Waals surface area contributed by atoms with Crippen molar-refractivity contribution in [3.63, 3.8) is 0 Å². The molecule has 4 nitrogen and oxygen atoms in total. The normalized spacial score (nSPS) is 28.2. The summed E-state index contributed by atoms with van der Waals surface area (Å²) in [5.74, 6) is 2.02. The standard InChI is InChI=1S/C22H28N4/c1-2-5-19(6-3-1)24(17-18-7-8-18)20-9-11-21(12-10-20)25-16-13-22-23-14-4-15-26(22)25/h1-6,13-15,18,20-21H,7-12,16-17H2. The molecule has 1 aromatic rings. The average molecular weight is 348 g/mol. The third-order valence-corrected chi connectivity index (χ3v) is 6.26. The molecule has 4 aliphatic rings. The van der Waals surface area contributed by atoms with Crippen LogP contribution in [0, 0.1) is 5.92 Å². The van der Waals surface area contributed by atoms with Gasteiger partial charge in [-0.3, -0.25) is 5.01 Å². The highest BCUT2D eigenvalue weighted by Gasteiger charge is 2.35. The monoisotopic (exact) mass is 348 g/mol. The predicted octanol–water partition coefficient (Wildman–Crippen LogP) is 4.19. The lowest BCUT2D eigenvalue weighted by molar-refractivity contribution is 0.0174. The third-order valence-electron chi connectivity index (χ3n) is 6.26. The van der Waals surface area contributed by atoms with Crippen molar-refractivity contribution in [1.82, 2.24) is 10.0 Å². The van der Waals surface area contributed by atoms with Gasteiger partial charge < -0.3 is 4.90 Å². The van der Waals surface area contributed by atoms with Gasteiger partial charge in [-0.05, 0) is 68.7 Å². The van der Waals surface area contributed by atoms with Gasteiger partial charge in [0.25, 0.3) is 0 Å². The summed E-state index contributed by atoms with van der Waals surface area (Å²) in [6.07, 6.45) is 16.3. The molecule has 0 amide bonds. The number of allylic oxidation sites excluding steroid dienone is 1. The first-order valence-corrected chi connectivity index (χ1v) is 10.2. The highest BCUT2D eigenvalue weighted by atomic mass is 15.7. The summed E-state index contributed by atoms with van der Waals surface area (Å²) < 4.78 is 0. The summed E-state index contributed by atoms with van der Waals surface area (Å²) in [5.41, 5.74) is 1.42. The van der Waals surface area contributed by atoms with Gasteiger partial charge in [0.2, 0.25) is 0 Å². The van der Waals surface area contributed by atoms with Gasteiger partial charge in [-0.15, -0.1) is 0 Å². The molecule has 2 saturated carbocycles. The Morgan fingerprint density at radius 2 is 1.81 bits per heavy atom. The van der Waals surface area contributed by atoms with E-state index in [4.69, 9.17) is 0 Å². The first-order valence-electron chi connectivity index (χ1n) is 10.2. The van der Waals surface area contributed by atoms with Crippen LogP contribution in [0.1, 0.15) is 38.5 Å². The van der Waals surface area contributed by atoms with E-state index >= 15 is 0 Å². The Morgan fingerprint density at radius 1 is 1.00 bits per heavy atom. The summed E-state index contributed by atoms with van der Waals surface area (Å²) >= 11 is 0. The van der Waals surface area contributed by atoms with E-state index in [2.05, 4.69) is 62.5 Å². The minimum atomic E-state index is 0.636. The van der Waals surface area contributed by atoms with Crippen molar-refractivity contribution in [3.05, 3.63) is 54.5 Å². The van der Waals surface area contributed by atoms with Crippen LogP contribution in [0.3, 0.4) is 0 Å². The molecule has 4 heteroatoms. The van der Waals surface area contributed by atoms with Gasteiger partial charge >= 0.3 is 0 Å². The number of nitrogens with zero attached hydrogens (tertiary/aromatic N) is 4. The molecule has 26 heavy (non-hydrogen) atoms. The number of anilines is 1. The van der Waals surface area contributed by atoms with Crippen molar-refractivity contribution in [2.75, 3.05) is 18.0 Å². The molecule has 2 aliphatic heterocycles. The Bertz CT molecular complexity index is 711. The molecule has 0 saturated heterocycles. The smallest absolute Gasteiger partial charge is 0.144 e. The largest absolute Gasteiger partial charge is 0.368 e. The van der Waals surface area contributed by atoms with Crippen molar-refractivity contribution >= 4 is 11.9 Å². The summed E-state index contributed by atoms with van der Waals surface area (Å²) in [5, 5.41) is 4.76. The maximum Gasteiger partial charge on any atom is 0.144 e. The van der Waals surface area contributed by atoms with Crippen molar-refractivity contribution in [2.24, 2.45) is 10.9 Å². The van der Waals surface area contributed by atoms with E-state index in [-0.39, 0.29) is 0 Å². The molecular weight excluding hydrogens is 320 g/mol. The van der Waals surface area contributed by atoms with Gasteiger partial charge in [-0.1, -0.05) is 18.2 Å². The van der Waals surface area contributed by atoms with Gasteiger partial charge in [0.05, 0.1) is 0 Å². The Morgan fingerprint density at radius 3 is 2.58 bits per heavy atom. The van der Waals surface area contributed by atoms with E-state index in [0.717, 1.165) is 18.3 Å². The first-order chi connectivity index (χ1) is 12.9. The lowest BCUT2D eigenvalue weighted by Crippen LogP contribution is -2.47. The molecule has 0 N–H and O–H groups in total. The van der Waals surface area contributed by atoms with Crippen LogP contribution in [0.5, 0.6) is 0 Å². The molecule has 0 spiro atoms. The van der Waals surface area contributed by atoms with E-state index in [1.807, 2.05) is 12.3 Å². The van der Waals surface area contributed by atoms with Crippen LogP contribution in [0.4, 0.5) is 5.69 Å². The highest BCUT2D eigenvalue weighted by Crippen LogP contribution is 2.37. The second-order valence-electron chi connectivity index (χ2n) is 8.04. The molecule has 2 aliphatic carbocycles. The van der Waals surface area contributed by atoms with Crippen molar-refractivity contribution in [3.8, 4) is 0 Å². The van der Waals surface area contributed by atoms with E-state index in [1.165, 1.54) is 50.8 Å². The van der Waals surface area contributed by atoms with Gasteiger partial charge in [0.15, 0.2) is 0 Å². The summed E-state index contributed by atoms with van der Waals surface area (Å²) in [4.78, 5) is 7.20. The maximum atomic E-state index is 4.48. The number of fused-ring (bicyclic) bond motifs is 1. The fraction of sp³-hybridized carbons (Fsp3) is 0.500. The van der Waals surface area contributed by atoms with Gasteiger partial charge in [0.1, 0.15) is 5.82 Å². The molecule has 2 heterocycles. The molecular formula is C22H28N4. The number of aliphatic imine (C=N–C) groups is 1. The predicted molar refractivity (Wildman–Crippen MR) is 107 cm³/mol. The summed E-state index contributed by atoms with van der Waals surface area (Å²) in [6.45, 7) is 2.25. The van der Waals surface area contributed by atoms with Crippen LogP contribution in [0.2, 0.25) is 0 Å². The van der Waals surface area contributed by atoms with E-state index in [0.29, 0.717) is 12.1 Å². The topological polar surface area (TPSA) is 22.1 Å². The number of hydrazine groups is 1. The number of benzene rings is 1. The second kappa shape index (κ2) is 6.92. The Balaban J connectivity index is 1.24. The van der Waals surface area contributed by atoms with E-state index in [1.54, 1.807) is 0 Å². The molecule has 2 fully saturated rings. The Kier molecular flexibility index (Phi) is 4.29. The van der Waals surface area contributed by atoms with Crippen molar-refractivity contribution in [2.45, 2.75) is 50.6 Å². The minimum Gasteiger partial charge on any atom is -0.368 e. The van der Waals surface area contributed by atoms with Crippen molar-refractivity contribution in [1.29, 1.82) is 0 Å². The second-order valence-corrected chi connectivity index (χ2v) is 8.04. The zero-order valence-electron chi connectivity index (χ0n) is 15.4. The van der Waals surface area contributed by atoms with Crippen LogP contribution >= 0.6 is 0 Å². The molecule has 0 unspecified atom stereocenters. The quantitative estimate of drug-likeness (QED) is 0.797. The summed E-state index contributed by atoms with van der Waals surface area (Å²) in [6, 6.07) is 12.4. The molecule has 0 radical (unpaired) electrons. The van der Waals surface area contributed by atoms with Crippen LogP contribution in [0.15, 0.2) is 59.5 Å². The van der Waals surface area contributed by atoms with E-state index in [9.17, 15) is 0 Å². The number of rotatable bonds is 5. The molecule has 0 aromatic heterocycles. The van der Waals surface area contributed by atoms with Crippen LogP contribution in [-0.4, -0.2) is 41.4 Å². The third kappa shape index (κ3) is 3.18. The maximum absolute atomic E-state index is 4.48. The zero-order valence-corrected chi connectivity index (χ0v) is 15.4. The SMILES string of the molecule is C1=CN2C(=CCN2C2CCC(N(CC3CC3)c3ccccc3)CC2)N=C1. The van der Waals surface area contributed by atoms with Crippen LogP contribution in [0.25, 0.3) is 0 Å². The van der Waals surface area contributed by atoms with Gasteiger partial charge in [-0.25, -0.2) is 10.0 Å². The molecule has 0 atom stereocenters. The van der Waals surface area contributed by atoms with Gasteiger partial charge in [0, 0.05) is 43.3 Å². The zero-order chi connectivity index (χ0) is 17.3. The lowest BCUT2D eigenvalue weighted by atomic mass is 9.89. The lowest BCUT2D eigenvalue weighted by Gasteiger charge is -2.43. The fourth-order valence-electron chi connectivity index (χ4n) is 4.66. The van der Waals surface area contributed by atoms with Crippen LogP contribution < -0.4 is 4.90 Å². The first kappa shape index (κ1) is 16.1. The molecule has 5 rings (SSSR count). The highest BCUT2D eigenvalue weighted by molar-refractivity contribution is 5.73. The van der Waals surface area contributed by atoms with Crippen molar-refractivity contribution < 1.29 is 0 Å². The Hall–Kier alpha value is -2.07. The molecule has 136 valence electrons. The summed E-state index contributed by atoms with van der Waals surface area (Å²) in [7, 11) is 0. The van der Waals surface area contributed by atoms with E-state index < -0.39 is 0 Å². The number of para-hydroxylation sites is 1. The van der Waals surface area contributed by atoms with Crippen LogP contribution in [-0.2, 0) is 0 Å². The van der Waals surface area contributed by atoms with Gasteiger partial charge in [-0.2, -0.15) is 0 Å².